The molecule has 290 valence electrons. The zero-order valence-corrected chi connectivity index (χ0v) is 31.6. The maximum absolute atomic E-state index is 12.2. The fraction of sp³-hybridized carbons (Fsp3) is 0.618. The van der Waals surface area contributed by atoms with Crippen molar-refractivity contribution in [2.75, 3.05) is 44.6 Å². The summed E-state index contributed by atoms with van der Waals surface area (Å²) in [4.78, 5) is 63.1. The molecule has 18 heteroatoms. The number of nitrogens with zero attached hydrogens (tertiary/aromatic N) is 4. The number of carbonyl (C=O) groups excluding carboxylic acids is 5. The van der Waals surface area contributed by atoms with Crippen molar-refractivity contribution in [1.29, 1.82) is 0 Å². The minimum Gasteiger partial charge on any atom is -0.362 e. The van der Waals surface area contributed by atoms with Gasteiger partial charge in [-0.2, -0.15) is 4.99 Å². The summed E-state index contributed by atoms with van der Waals surface area (Å²) in [6.45, 7) is 3.29. The number of unbranched alkanes of at least 4 members (excludes halogenated alkanes) is 7. The third-order valence-corrected chi connectivity index (χ3v) is 8.03. The molecule has 0 atom stereocenters. The first kappa shape index (κ1) is 46.0. The molecule has 1 aromatic carbocycles. The fourth-order valence-corrected chi connectivity index (χ4v) is 4.98. The van der Waals surface area contributed by atoms with Crippen LogP contribution in [0.25, 0.3) is 0 Å². The maximum Gasteiger partial charge on any atom is 0.246 e. The molecule has 0 unspecified atom stereocenters. The van der Waals surface area contributed by atoms with Crippen molar-refractivity contribution >= 4 is 75.6 Å². The van der Waals surface area contributed by atoms with Crippen LogP contribution in [0.15, 0.2) is 29.3 Å². The van der Waals surface area contributed by atoms with Gasteiger partial charge in [-0.05, 0) is 100 Å². The number of hydrogen-bond acceptors (Lipinski definition) is 11. The molecule has 0 bridgehead atoms. The number of aliphatic imine (C=N–C) groups is 1. The molecule has 0 saturated heterocycles. The second-order valence-corrected chi connectivity index (χ2v) is 12.6. The first-order valence-electron chi connectivity index (χ1n) is 17.6. The summed E-state index contributed by atoms with van der Waals surface area (Å²) in [7, 11) is 0. The molecule has 1 aromatic rings. The van der Waals surface area contributed by atoms with Crippen LogP contribution in [0.2, 0.25) is 0 Å². The molecule has 5 amide bonds. The largest absolute Gasteiger partial charge is 0.362 e. The standard InChI is InChI=1S/C34H54N8O8S2/c1-27(43)40(48)23-10-4-7-21-36-31(45)17-18-32(46)41(49)24-9-3-2-6-20-35-30(44)16-19-33(47)42(50)25-11-5-8-22-37-34(52)39-29-14-12-28(13-15-29)38-26-51/h12-15,48-50H,2-11,16-25H2,1H3,(H,35,44)(H,36,45)(H2,37,39,52). The average molecular weight is 767 g/mol. The molecule has 1 rings (SSSR count). The number of benzene rings is 1. The lowest BCUT2D eigenvalue weighted by Crippen LogP contribution is -2.31. The van der Waals surface area contributed by atoms with Gasteiger partial charge in [-0.3, -0.25) is 39.6 Å². The molecule has 0 saturated carbocycles. The average Bonchev–Trinajstić information content (AvgIpc) is 3.12. The van der Waals surface area contributed by atoms with Gasteiger partial charge in [-0.25, -0.2) is 15.2 Å². The Morgan fingerprint density at radius 3 is 1.52 bits per heavy atom. The normalized spacial score (nSPS) is 10.4. The molecular formula is C34H54N8O8S2. The molecule has 0 aliphatic carbocycles. The van der Waals surface area contributed by atoms with Crippen LogP contribution in [-0.2, 0) is 24.0 Å². The van der Waals surface area contributed by atoms with Crippen molar-refractivity contribution in [3.63, 3.8) is 0 Å². The number of hydroxylamine groups is 6. The van der Waals surface area contributed by atoms with Crippen LogP contribution in [0, 0.1) is 0 Å². The quantitative estimate of drug-likeness (QED) is 0.0222. The number of nitrogens with one attached hydrogen (secondary N) is 4. The Kier molecular flexibility index (Phi) is 25.2. The predicted octanol–water partition coefficient (Wildman–Crippen LogP) is 4.07. The van der Waals surface area contributed by atoms with Crippen molar-refractivity contribution in [2.45, 2.75) is 96.8 Å². The highest BCUT2D eigenvalue weighted by molar-refractivity contribution is 7.80. The lowest BCUT2D eigenvalue weighted by atomic mass is 10.2. The van der Waals surface area contributed by atoms with E-state index in [1.54, 1.807) is 12.1 Å². The summed E-state index contributed by atoms with van der Waals surface area (Å²) in [5, 5.41) is 45.6. The van der Waals surface area contributed by atoms with Gasteiger partial charge >= 0.3 is 0 Å². The van der Waals surface area contributed by atoms with Gasteiger partial charge in [0.15, 0.2) is 5.11 Å². The summed E-state index contributed by atoms with van der Waals surface area (Å²) in [6, 6.07) is 7.24. The van der Waals surface area contributed by atoms with Crippen molar-refractivity contribution in [1.82, 2.24) is 31.1 Å². The monoisotopic (exact) mass is 766 g/mol. The van der Waals surface area contributed by atoms with E-state index in [0.29, 0.717) is 84.1 Å². The number of isothiocyanates is 1. The second-order valence-electron chi connectivity index (χ2n) is 12.0. The molecular weight excluding hydrogens is 713 g/mol. The van der Waals surface area contributed by atoms with E-state index in [-0.39, 0.29) is 57.1 Å². The maximum atomic E-state index is 12.2. The first-order chi connectivity index (χ1) is 24.9. The smallest absolute Gasteiger partial charge is 0.246 e. The van der Waals surface area contributed by atoms with Crippen LogP contribution in [0.4, 0.5) is 11.4 Å². The van der Waals surface area contributed by atoms with Crippen LogP contribution in [-0.4, -0.2) is 110 Å². The number of carbonyl (C=O) groups is 5. The molecule has 7 N–H and O–H groups in total. The van der Waals surface area contributed by atoms with Crippen LogP contribution in [0.5, 0.6) is 0 Å². The van der Waals surface area contributed by atoms with Crippen molar-refractivity contribution < 1.29 is 39.6 Å². The summed E-state index contributed by atoms with van der Waals surface area (Å²) >= 11 is 9.87. The Hall–Kier alpha value is -4.06. The Labute approximate surface area is 316 Å². The molecule has 16 nitrogen and oxygen atoms in total. The van der Waals surface area contributed by atoms with Gasteiger partial charge in [-0.15, -0.1) is 0 Å². The van der Waals surface area contributed by atoms with Crippen LogP contribution >= 0.6 is 24.4 Å². The predicted molar refractivity (Wildman–Crippen MR) is 202 cm³/mol. The van der Waals surface area contributed by atoms with E-state index in [1.807, 2.05) is 12.1 Å². The minimum atomic E-state index is -0.536. The molecule has 52 heavy (non-hydrogen) atoms. The SMILES string of the molecule is CC(=O)N(O)CCCCCNC(=O)CCC(=O)N(O)CCCCCCNC(=O)CCC(=O)N(O)CCCCCNC(=S)Nc1ccc(N=C=S)cc1. The summed E-state index contributed by atoms with van der Waals surface area (Å²) in [5.74, 6) is -2.05. The summed E-state index contributed by atoms with van der Waals surface area (Å²) < 4.78 is 0. The molecule has 0 aliphatic rings. The number of thiocarbonyl (C=S) groups is 2. The highest BCUT2D eigenvalue weighted by atomic mass is 32.1. The highest BCUT2D eigenvalue weighted by Gasteiger charge is 2.14. The van der Waals surface area contributed by atoms with E-state index in [1.165, 1.54) is 6.92 Å². The van der Waals surface area contributed by atoms with E-state index in [2.05, 4.69) is 43.6 Å². The van der Waals surface area contributed by atoms with Crippen LogP contribution in [0.3, 0.4) is 0 Å². The molecule has 0 aliphatic heterocycles. The number of rotatable bonds is 27. The first-order valence-corrected chi connectivity index (χ1v) is 18.5. The molecule has 0 fully saturated rings. The fourth-order valence-electron chi connectivity index (χ4n) is 4.65. The van der Waals surface area contributed by atoms with E-state index >= 15 is 0 Å². The molecule has 0 heterocycles. The minimum absolute atomic E-state index is 0.0299. The number of hydrogen-bond donors (Lipinski definition) is 7. The van der Waals surface area contributed by atoms with Gasteiger partial charge in [0, 0.05) is 77.6 Å². The van der Waals surface area contributed by atoms with E-state index < -0.39 is 17.7 Å². The third kappa shape index (κ3) is 23.4. The van der Waals surface area contributed by atoms with E-state index in [4.69, 9.17) is 12.2 Å². The Morgan fingerprint density at radius 1 is 0.635 bits per heavy atom. The zero-order chi connectivity index (χ0) is 38.6. The van der Waals surface area contributed by atoms with Crippen molar-refractivity contribution in [3.8, 4) is 0 Å². The van der Waals surface area contributed by atoms with Gasteiger partial charge in [0.05, 0.1) is 10.8 Å². The summed E-state index contributed by atoms with van der Waals surface area (Å²) in [5.41, 5.74) is 1.51. The lowest BCUT2D eigenvalue weighted by Gasteiger charge is -2.15. The van der Waals surface area contributed by atoms with Crippen LogP contribution < -0.4 is 21.3 Å². The third-order valence-electron chi connectivity index (χ3n) is 7.69. The van der Waals surface area contributed by atoms with Crippen LogP contribution in [0.1, 0.15) is 96.8 Å². The van der Waals surface area contributed by atoms with Gasteiger partial charge in [0.2, 0.25) is 29.5 Å². The number of anilines is 1. The van der Waals surface area contributed by atoms with Crippen molar-refractivity contribution in [2.24, 2.45) is 4.99 Å². The van der Waals surface area contributed by atoms with Gasteiger partial charge in [0.1, 0.15) is 0 Å². The highest BCUT2D eigenvalue weighted by Crippen LogP contribution is 2.15. The Bertz CT molecular complexity index is 1310. The van der Waals surface area contributed by atoms with Gasteiger partial charge in [-0.1, -0.05) is 12.8 Å². The molecule has 0 spiro atoms. The van der Waals surface area contributed by atoms with Crippen molar-refractivity contribution in [3.05, 3.63) is 24.3 Å². The van der Waals surface area contributed by atoms with Gasteiger partial charge in [0.25, 0.3) is 0 Å². The molecule has 0 aromatic heterocycles. The Morgan fingerprint density at radius 2 is 1.06 bits per heavy atom. The van der Waals surface area contributed by atoms with Gasteiger partial charge < -0.3 is 21.3 Å². The lowest BCUT2D eigenvalue weighted by molar-refractivity contribution is -0.166. The topological polar surface area (TPSA) is 216 Å². The summed E-state index contributed by atoms with van der Waals surface area (Å²) in [6.07, 6.45) is 6.58. The Balaban J connectivity index is 2.00. The van der Waals surface area contributed by atoms with E-state index in [9.17, 15) is 39.6 Å². The number of amides is 5. The van der Waals surface area contributed by atoms with E-state index in [0.717, 1.165) is 31.4 Å². The molecule has 0 radical (unpaired) electrons. The second kappa shape index (κ2) is 28.5. The zero-order valence-electron chi connectivity index (χ0n) is 29.9.